The van der Waals surface area contributed by atoms with E-state index in [9.17, 15) is 0 Å². The summed E-state index contributed by atoms with van der Waals surface area (Å²) in [6.45, 7) is 0. The molecule has 17 heavy (non-hydrogen) atoms. The van der Waals surface area contributed by atoms with Crippen LogP contribution < -0.4 is 0 Å². The van der Waals surface area contributed by atoms with Gasteiger partial charge in [-0.05, 0) is 30.7 Å². The second-order valence-electron chi connectivity index (χ2n) is 4.25. The topological polar surface area (TPSA) is 30.7 Å². The fourth-order valence-electron chi connectivity index (χ4n) is 2.38. The molecule has 0 spiro atoms. The molecule has 1 saturated heterocycles. The highest BCUT2D eigenvalue weighted by Gasteiger charge is 2.21. The molecule has 90 valence electrons. The quantitative estimate of drug-likeness (QED) is 0.783. The number of fused-ring (bicyclic) bond motifs is 1. The van der Waals surface area contributed by atoms with Crippen molar-refractivity contribution in [2.75, 3.05) is 11.5 Å². The van der Waals surface area contributed by atoms with Crippen LogP contribution in [0.2, 0.25) is 0 Å². The first-order valence-electron chi connectivity index (χ1n) is 5.85. The number of hydrogen-bond acceptors (Lipinski definition) is 3. The summed E-state index contributed by atoms with van der Waals surface area (Å²) in [5.41, 5.74) is 1.94. The van der Waals surface area contributed by atoms with Crippen molar-refractivity contribution in [1.82, 2.24) is 14.5 Å². The molecule has 3 heterocycles. The van der Waals surface area contributed by atoms with Gasteiger partial charge in [-0.2, -0.15) is 11.8 Å². The summed E-state index contributed by atoms with van der Waals surface area (Å²) in [4.78, 5) is 9.02. The number of pyridine rings is 1. The minimum atomic E-state index is 0.456. The first-order chi connectivity index (χ1) is 8.40. The lowest BCUT2D eigenvalue weighted by molar-refractivity contribution is 0.497. The number of rotatable bonds is 2. The highest BCUT2D eigenvalue weighted by atomic mass is 35.5. The average Bonchev–Trinajstić information content (AvgIpc) is 2.78. The maximum Gasteiger partial charge on any atom is 0.160 e. The Hall–Kier alpha value is -0.740. The fraction of sp³-hybridized carbons (Fsp3) is 0.500. The molecule has 1 aliphatic heterocycles. The lowest BCUT2D eigenvalue weighted by Crippen LogP contribution is -2.18. The molecule has 0 saturated carbocycles. The number of imidazole rings is 1. The van der Waals surface area contributed by atoms with Gasteiger partial charge in [-0.15, -0.1) is 11.6 Å². The van der Waals surface area contributed by atoms with Crippen LogP contribution in [0.3, 0.4) is 0 Å². The first kappa shape index (κ1) is 11.4. The van der Waals surface area contributed by atoms with Crippen LogP contribution in [0.15, 0.2) is 18.3 Å². The molecule has 5 heteroatoms. The van der Waals surface area contributed by atoms with Crippen molar-refractivity contribution in [3.05, 3.63) is 24.2 Å². The van der Waals surface area contributed by atoms with E-state index in [1.807, 2.05) is 30.1 Å². The largest absolute Gasteiger partial charge is 0.308 e. The van der Waals surface area contributed by atoms with Gasteiger partial charge in [-0.3, -0.25) is 0 Å². The van der Waals surface area contributed by atoms with E-state index < -0.39 is 0 Å². The minimum Gasteiger partial charge on any atom is -0.308 e. The van der Waals surface area contributed by atoms with Gasteiger partial charge in [0, 0.05) is 18.0 Å². The number of aromatic nitrogens is 3. The third kappa shape index (κ3) is 2.04. The van der Waals surface area contributed by atoms with E-state index in [4.69, 9.17) is 11.6 Å². The molecular formula is C12H14ClN3S. The van der Waals surface area contributed by atoms with Crippen LogP contribution in [0.1, 0.15) is 24.7 Å². The maximum atomic E-state index is 6.00. The van der Waals surface area contributed by atoms with Gasteiger partial charge >= 0.3 is 0 Å². The Morgan fingerprint density at radius 3 is 3.24 bits per heavy atom. The predicted octanol–water partition coefficient (Wildman–Crippen LogP) is 3.24. The van der Waals surface area contributed by atoms with Gasteiger partial charge in [0.05, 0.1) is 5.88 Å². The van der Waals surface area contributed by atoms with E-state index >= 15 is 0 Å². The summed E-state index contributed by atoms with van der Waals surface area (Å²) < 4.78 is 2.24. The molecule has 1 atom stereocenters. The van der Waals surface area contributed by atoms with Crippen molar-refractivity contribution in [2.24, 2.45) is 0 Å². The molecule has 0 aromatic carbocycles. The molecule has 0 radical (unpaired) electrons. The Kier molecular flexibility index (Phi) is 3.25. The SMILES string of the molecule is ClCc1nc2cccnc2n1C1CCCSC1. The maximum absolute atomic E-state index is 6.00. The molecule has 1 fully saturated rings. The molecule has 0 bridgehead atoms. The van der Waals surface area contributed by atoms with Gasteiger partial charge in [0.25, 0.3) is 0 Å². The number of hydrogen-bond donors (Lipinski definition) is 0. The highest BCUT2D eigenvalue weighted by molar-refractivity contribution is 7.99. The summed E-state index contributed by atoms with van der Waals surface area (Å²) in [6, 6.07) is 4.43. The summed E-state index contributed by atoms with van der Waals surface area (Å²) in [5, 5.41) is 0. The minimum absolute atomic E-state index is 0.456. The van der Waals surface area contributed by atoms with E-state index in [-0.39, 0.29) is 0 Å². The van der Waals surface area contributed by atoms with Crippen LogP contribution in [0.4, 0.5) is 0 Å². The Morgan fingerprint density at radius 1 is 1.53 bits per heavy atom. The molecule has 2 aromatic heterocycles. The molecule has 0 amide bonds. The summed E-state index contributed by atoms with van der Waals surface area (Å²) in [6.07, 6.45) is 4.30. The van der Waals surface area contributed by atoms with Crippen molar-refractivity contribution >= 4 is 34.5 Å². The molecule has 3 nitrogen and oxygen atoms in total. The molecule has 1 aliphatic rings. The normalized spacial score (nSPS) is 20.9. The Morgan fingerprint density at radius 2 is 2.47 bits per heavy atom. The van der Waals surface area contributed by atoms with E-state index in [1.165, 1.54) is 18.6 Å². The van der Waals surface area contributed by atoms with Crippen molar-refractivity contribution in [3.63, 3.8) is 0 Å². The lowest BCUT2D eigenvalue weighted by atomic mass is 10.2. The number of halogens is 1. The zero-order valence-electron chi connectivity index (χ0n) is 9.47. The van der Waals surface area contributed by atoms with Crippen LogP contribution in [-0.2, 0) is 5.88 Å². The average molecular weight is 268 g/mol. The number of thioether (sulfide) groups is 1. The van der Waals surface area contributed by atoms with Crippen LogP contribution >= 0.6 is 23.4 Å². The summed E-state index contributed by atoms with van der Waals surface area (Å²) in [7, 11) is 0. The molecule has 3 rings (SSSR count). The van der Waals surface area contributed by atoms with Crippen LogP contribution in [0.25, 0.3) is 11.2 Å². The molecule has 2 aromatic rings. The molecular weight excluding hydrogens is 254 g/mol. The Balaban J connectivity index is 2.11. The standard InChI is InChI=1S/C12H14ClN3S/c13-7-11-15-10-4-1-5-14-12(10)16(11)9-3-2-6-17-8-9/h1,4-5,9H,2-3,6-8H2. The highest BCUT2D eigenvalue weighted by Crippen LogP contribution is 2.30. The fourth-order valence-corrected chi connectivity index (χ4v) is 3.70. The summed E-state index contributed by atoms with van der Waals surface area (Å²) in [5.74, 6) is 3.82. The van der Waals surface area contributed by atoms with Crippen LogP contribution in [0, 0.1) is 0 Å². The van der Waals surface area contributed by atoms with Crippen LogP contribution in [0.5, 0.6) is 0 Å². The zero-order valence-corrected chi connectivity index (χ0v) is 11.0. The van der Waals surface area contributed by atoms with Gasteiger partial charge < -0.3 is 4.57 Å². The monoisotopic (exact) mass is 267 g/mol. The second-order valence-corrected chi connectivity index (χ2v) is 5.67. The number of alkyl halides is 1. The smallest absolute Gasteiger partial charge is 0.160 e. The second kappa shape index (κ2) is 4.86. The van der Waals surface area contributed by atoms with Gasteiger partial charge in [0.1, 0.15) is 11.3 Å². The Bertz CT molecular complexity index is 519. The molecule has 0 aliphatic carbocycles. The predicted molar refractivity (Wildman–Crippen MR) is 72.7 cm³/mol. The van der Waals surface area contributed by atoms with E-state index in [1.54, 1.807) is 0 Å². The van der Waals surface area contributed by atoms with Crippen molar-refractivity contribution in [3.8, 4) is 0 Å². The van der Waals surface area contributed by atoms with Gasteiger partial charge in [0.15, 0.2) is 5.65 Å². The van der Waals surface area contributed by atoms with Gasteiger partial charge in [0.2, 0.25) is 0 Å². The Labute approximate surface area is 110 Å². The van der Waals surface area contributed by atoms with Gasteiger partial charge in [-0.1, -0.05) is 0 Å². The van der Waals surface area contributed by atoms with Crippen molar-refractivity contribution in [1.29, 1.82) is 0 Å². The first-order valence-corrected chi connectivity index (χ1v) is 7.54. The number of nitrogens with zero attached hydrogens (tertiary/aromatic N) is 3. The van der Waals surface area contributed by atoms with Crippen molar-refractivity contribution in [2.45, 2.75) is 24.8 Å². The van der Waals surface area contributed by atoms with Crippen molar-refractivity contribution < 1.29 is 0 Å². The van der Waals surface area contributed by atoms with Gasteiger partial charge in [-0.25, -0.2) is 9.97 Å². The van der Waals surface area contributed by atoms with E-state index in [0.29, 0.717) is 11.9 Å². The molecule has 0 N–H and O–H groups in total. The summed E-state index contributed by atoms with van der Waals surface area (Å²) >= 11 is 8.01. The van der Waals surface area contributed by atoms with E-state index in [2.05, 4.69) is 14.5 Å². The van der Waals surface area contributed by atoms with E-state index in [0.717, 1.165) is 22.7 Å². The zero-order chi connectivity index (χ0) is 11.7. The van der Waals surface area contributed by atoms with Crippen LogP contribution in [-0.4, -0.2) is 26.0 Å². The third-order valence-electron chi connectivity index (χ3n) is 3.14. The lowest BCUT2D eigenvalue weighted by Gasteiger charge is -2.24. The third-order valence-corrected chi connectivity index (χ3v) is 4.58. The molecule has 1 unspecified atom stereocenters.